The fourth-order valence-corrected chi connectivity index (χ4v) is 1.33. The van der Waals surface area contributed by atoms with Crippen LogP contribution in [-0.4, -0.2) is 30.0 Å². The third-order valence-corrected chi connectivity index (χ3v) is 2.30. The number of carbonyl (C=O) groups excluding carboxylic acids is 1. The molecule has 0 saturated carbocycles. The summed E-state index contributed by atoms with van der Waals surface area (Å²) in [6.45, 7) is 1.22. The van der Waals surface area contributed by atoms with Gasteiger partial charge in [0, 0.05) is 19.5 Å². The summed E-state index contributed by atoms with van der Waals surface area (Å²) in [5, 5.41) is 16.8. The van der Waals surface area contributed by atoms with Crippen LogP contribution in [0.25, 0.3) is 0 Å². The van der Waals surface area contributed by atoms with Gasteiger partial charge in [0.15, 0.2) is 0 Å². The molecule has 1 aromatic carbocycles. The van der Waals surface area contributed by atoms with E-state index in [2.05, 4.69) is 15.8 Å². The Morgan fingerprint density at radius 1 is 1.33 bits per heavy atom. The molecule has 6 heteroatoms. The van der Waals surface area contributed by atoms with Gasteiger partial charge >= 0.3 is 0 Å². The molecule has 0 radical (unpaired) electrons. The summed E-state index contributed by atoms with van der Waals surface area (Å²) in [4.78, 5) is 11.4. The predicted molar refractivity (Wildman–Crippen MR) is 69.2 cm³/mol. The topological polar surface area (TPSA) is 99.7 Å². The third kappa shape index (κ3) is 5.86. The maximum atomic E-state index is 11.4. The van der Waals surface area contributed by atoms with Crippen LogP contribution in [0.2, 0.25) is 0 Å². The van der Waals surface area contributed by atoms with Crippen molar-refractivity contribution < 1.29 is 10.0 Å². The van der Waals surface area contributed by atoms with Crippen LogP contribution in [0.3, 0.4) is 0 Å². The van der Waals surface area contributed by atoms with Crippen LogP contribution in [-0.2, 0) is 11.3 Å². The van der Waals surface area contributed by atoms with E-state index in [-0.39, 0.29) is 18.3 Å². The van der Waals surface area contributed by atoms with Crippen LogP contribution in [0.15, 0.2) is 35.5 Å². The molecule has 0 saturated heterocycles. The highest BCUT2D eigenvalue weighted by Crippen LogP contribution is 1.96. The minimum absolute atomic E-state index is 0.0849. The lowest BCUT2D eigenvalue weighted by molar-refractivity contribution is -0.120. The Bertz CT molecular complexity index is 392. The molecular weight excluding hydrogens is 232 g/mol. The van der Waals surface area contributed by atoms with Crippen molar-refractivity contribution >= 4 is 11.7 Å². The van der Waals surface area contributed by atoms with Crippen molar-refractivity contribution in [3.63, 3.8) is 0 Å². The van der Waals surface area contributed by atoms with E-state index in [0.29, 0.717) is 19.5 Å². The zero-order valence-corrected chi connectivity index (χ0v) is 10.1. The molecule has 0 aliphatic carbocycles. The molecule has 1 aromatic rings. The summed E-state index contributed by atoms with van der Waals surface area (Å²) >= 11 is 0. The molecule has 18 heavy (non-hydrogen) atoms. The van der Waals surface area contributed by atoms with Gasteiger partial charge in [0.2, 0.25) is 5.91 Å². The maximum Gasteiger partial charge on any atom is 0.234 e. The van der Waals surface area contributed by atoms with Gasteiger partial charge < -0.3 is 21.6 Å². The number of nitrogens with one attached hydrogen (secondary N) is 2. The monoisotopic (exact) mass is 250 g/mol. The zero-order valence-electron chi connectivity index (χ0n) is 10.1. The van der Waals surface area contributed by atoms with Gasteiger partial charge in [0.25, 0.3) is 0 Å². The Morgan fingerprint density at radius 2 is 2.06 bits per heavy atom. The lowest BCUT2D eigenvalue weighted by Gasteiger charge is -2.06. The molecule has 0 atom stereocenters. The van der Waals surface area contributed by atoms with Gasteiger partial charge in [-0.15, -0.1) is 0 Å². The molecule has 0 aliphatic rings. The molecule has 1 rings (SSSR count). The summed E-state index contributed by atoms with van der Waals surface area (Å²) < 4.78 is 0. The van der Waals surface area contributed by atoms with E-state index in [9.17, 15) is 4.79 Å². The third-order valence-electron chi connectivity index (χ3n) is 2.30. The number of nitrogens with two attached hydrogens (primary N) is 1. The first-order valence-corrected chi connectivity index (χ1v) is 5.70. The number of carbonyl (C=O) groups is 1. The average molecular weight is 250 g/mol. The summed E-state index contributed by atoms with van der Waals surface area (Å²) in [6.07, 6.45) is 0.405. The molecule has 0 bridgehead atoms. The van der Waals surface area contributed by atoms with E-state index in [0.717, 1.165) is 5.56 Å². The van der Waals surface area contributed by atoms with E-state index >= 15 is 0 Å². The van der Waals surface area contributed by atoms with Crippen LogP contribution in [0.5, 0.6) is 0 Å². The van der Waals surface area contributed by atoms with E-state index in [1.165, 1.54) is 0 Å². The Morgan fingerprint density at radius 3 is 2.72 bits per heavy atom. The number of amidine groups is 1. The minimum atomic E-state index is -0.0849. The highest BCUT2D eigenvalue weighted by atomic mass is 16.4. The van der Waals surface area contributed by atoms with Crippen LogP contribution in [0, 0.1) is 0 Å². The first-order valence-electron chi connectivity index (χ1n) is 5.70. The number of benzene rings is 1. The van der Waals surface area contributed by atoms with Gasteiger partial charge in [-0.25, -0.2) is 0 Å². The molecule has 0 heterocycles. The molecule has 0 aromatic heterocycles. The van der Waals surface area contributed by atoms with Gasteiger partial charge in [-0.05, 0) is 5.56 Å². The second-order valence-corrected chi connectivity index (χ2v) is 3.78. The van der Waals surface area contributed by atoms with Crippen molar-refractivity contribution in [2.75, 3.05) is 13.1 Å². The lowest BCUT2D eigenvalue weighted by Crippen LogP contribution is -2.34. The van der Waals surface area contributed by atoms with E-state index in [1.807, 2.05) is 30.3 Å². The fraction of sp³-hybridized carbons (Fsp3) is 0.333. The van der Waals surface area contributed by atoms with Crippen LogP contribution in [0.4, 0.5) is 0 Å². The minimum Gasteiger partial charge on any atom is -0.409 e. The Balaban J connectivity index is 2.11. The van der Waals surface area contributed by atoms with E-state index < -0.39 is 0 Å². The van der Waals surface area contributed by atoms with E-state index in [4.69, 9.17) is 10.9 Å². The summed E-state index contributed by atoms with van der Waals surface area (Å²) in [5.74, 6) is 0.0607. The second-order valence-electron chi connectivity index (χ2n) is 3.78. The number of rotatable bonds is 7. The van der Waals surface area contributed by atoms with Gasteiger partial charge in [0.1, 0.15) is 5.84 Å². The molecule has 1 amide bonds. The van der Waals surface area contributed by atoms with Crippen LogP contribution in [0.1, 0.15) is 12.0 Å². The first kappa shape index (κ1) is 14.0. The van der Waals surface area contributed by atoms with E-state index in [1.54, 1.807) is 0 Å². The van der Waals surface area contributed by atoms with Crippen molar-refractivity contribution in [2.45, 2.75) is 13.0 Å². The molecular formula is C12H18N4O2. The Labute approximate surface area is 106 Å². The maximum absolute atomic E-state index is 11.4. The Kier molecular flexibility index (Phi) is 6.27. The molecule has 0 unspecified atom stereocenters. The molecule has 98 valence electrons. The molecule has 0 spiro atoms. The van der Waals surface area contributed by atoms with Crippen molar-refractivity contribution in [3.05, 3.63) is 35.9 Å². The SMILES string of the molecule is NC(CCNCC(=O)NCc1ccccc1)=NO. The zero-order chi connectivity index (χ0) is 13.2. The Hall–Kier alpha value is -2.08. The molecule has 0 fully saturated rings. The number of nitrogens with zero attached hydrogens (tertiary/aromatic N) is 1. The van der Waals surface area contributed by atoms with Gasteiger partial charge in [-0.3, -0.25) is 4.79 Å². The summed E-state index contributed by atoms with van der Waals surface area (Å²) in [6, 6.07) is 9.69. The lowest BCUT2D eigenvalue weighted by atomic mass is 10.2. The first-order chi connectivity index (χ1) is 8.72. The average Bonchev–Trinajstić information content (AvgIpc) is 2.42. The number of hydrogen-bond donors (Lipinski definition) is 4. The van der Waals surface area contributed by atoms with Crippen molar-refractivity contribution in [1.82, 2.24) is 10.6 Å². The second kappa shape index (κ2) is 8.08. The quantitative estimate of drug-likeness (QED) is 0.180. The van der Waals surface area contributed by atoms with Crippen molar-refractivity contribution in [3.8, 4) is 0 Å². The molecule has 6 nitrogen and oxygen atoms in total. The standard InChI is InChI=1S/C12H18N4O2/c13-11(16-18)6-7-14-9-12(17)15-8-10-4-2-1-3-5-10/h1-5,14,18H,6-9H2,(H2,13,16)(H,15,17). The highest BCUT2D eigenvalue weighted by molar-refractivity contribution is 5.80. The van der Waals surface area contributed by atoms with Crippen molar-refractivity contribution in [2.24, 2.45) is 10.9 Å². The number of amides is 1. The fourth-order valence-electron chi connectivity index (χ4n) is 1.33. The summed E-state index contributed by atoms with van der Waals surface area (Å²) in [5.41, 5.74) is 6.34. The molecule has 5 N–H and O–H groups in total. The smallest absolute Gasteiger partial charge is 0.234 e. The highest BCUT2D eigenvalue weighted by Gasteiger charge is 2.00. The number of oxime groups is 1. The largest absolute Gasteiger partial charge is 0.409 e. The van der Waals surface area contributed by atoms with Crippen LogP contribution < -0.4 is 16.4 Å². The van der Waals surface area contributed by atoms with Gasteiger partial charge in [-0.1, -0.05) is 35.5 Å². The summed E-state index contributed by atoms with van der Waals surface area (Å²) in [7, 11) is 0. The van der Waals surface area contributed by atoms with Gasteiger partial charge in [-0.2, -0.15) is 0 Å². The van der Waals surface area contributed by atoms with Crippen LogP contribution >= 0.6 is 0 Å². The van der Waals surface area contributed by atoms with Crippen molar-refractivity contribution in [1.29, 1.82) is 0 Å². The molecule has 0 aliphatic heterocycles. The number of hydrogen-bond acceptors (Lipinski definition) is 4. The predicted octanol–water partition coefficient (Wildman–Crippen LogP) is 0.0289. The normalized spacial score (nSPS) is 11.2. The van der Waals surface area contributed by atoms with Gasteiger partial charge in [0.05, 0.1) is 6.54 Å².